The molecule has 3 atom stereocenters. The fourth-order valence-corrected chi connectivity index (χ4v) is 4.50. The van der Waals surface area contributed by atoms with Gasteiger partial charge >= 0.3 is 0 Å². The minimum Gasteiger partial charge on any atom is -0.393 e. The Balaban J connectivity index is 1.61. The first-order chi connectivity index (χ1) is 10.1. The van der Waals surface area contributed by atoms with Crippen molar-refractivity contribution in [1.29, 1.82) is 0 Å². The summed E-state index contributed by atoms with van der Waals surface area (Å²) in [6, 6.07) is 5.17. The maximum absolute atomic E-state index is 10.4. The monoisotopic (exact) mass is 307 g/mol. The van der Waals surface area contributed by atoms with E-state index in [1.54, 1.807) is 0 Å². The maximum Gasteiger partial charge on any atom is 0.0580 e. The summed E-state index contributed by atoms with van der Waals surface area (Å²) in [4.78, 5) is 4.11. The minimum atomic E-state index is -0.0791. The highest BCUT2D eigenvalue weighted by atomic mass is 32.1. The molecule has 0 amide bonds. The Kier molecular flexibility index (Phi) is 5.03. The summed E-state index contributed by atoms with van der Waals surface area (Å²) < 4.78 is 0. The van der Waals surface area contributed by atoms with Crippen LogP contribution in [0.25, 0.3) is 0 Å². The van der Waals surface area contributed by atoms with E-state index < -0.39 is 0 Å². The van der Waals surface area contributed by atoms with Gasteiger partial charge in [-0.2, -0.15) is 0 Å². The Bertz CT molecular complexity index is 426. The molecule has 0 radical (unpaired) electrons. The zero-order chi connectivity index (χ0) is 14.8. The molecule has 2 aliphatic carbocycles. The molecule has 1 N–H and O–H groups in total. The molecule has 0 spiro atoms. The number of hydrogen-bond acceptors (Lipinski definition) is 3. The summed E-state index contributed by atoms with van der Waals surface area (Å²) in [7, 11) is 0. The van der Waals surface area contributed by atoms with Gasteiger partial charge in [0.2, 0.25) is 0 Å². The quantitative estimate of drug-likeness (QED) is 0.853. The summed E-state index contributed by atoms with van der Waals surface area (Å²) in [6.07, 6.45) is 6.05. The molecule has 1 aromatic rings. The molecule has 0 aromatic carbocycles. The average Bonchev–Trinajstić information content (AvgIpc) is 3.18. The van der Waals surface area contributed by atoms with E-state index in [0.29, 0.717) is 5.92 Å². The summed E-state index contributed by atoms with van der Waals surface area (Å²) in [6.45, 7) is 6.85. The smallest absolute Gasteiger partial charge is 0.0580 e. The molecule has 0 saturated heterocycles. The molecule has 2 nitrogen and oxygen atoms in total. The van der Waals surface area contributed by atoms with Gasteiger partial charge in [-0.3, -0.25) is 4.90 Å². The van der Waals surface area contributed by atoms with E-state index >= 15 is 0 Å². The lowest BCUT2D eigenvalue weighted by molar-refractivity contribution is 0.0158. The number of rotatable bonds is 6. The van der Waals surface area contributed by atoms with Gasteiger partial charge < -0.3 is 5.11 Å². The minimum absolute atomic E-state index is 0.0791. The van der Waals surface area contributed by atoms with Gasteiger partial charge in [-0.1, -0.05) is 19.9 Å². The molecule has 2 fully saturated rings. The molecule has 0 bridgehead atoms. The lowest BCUT2D eigenvalue weighted by Gasteiger charge is -2.38. The van der Waals surface area contributed by atoms with E-state index in [2.05, 4.69) is 36.3 Å². The first-order valence-corrected chi connectivity index (χ1v) is 9.46. The second-order valence-corrected chi connectivity index (χ2v) is 8.42. The van der Waals surface area contributed by atoms with Crippen LogP contribution in [0.4, 0.5) is 0 Å². The third-order valence-corrected chi connectivity index (χ3v) is 6.26. The Morgan fingerprint density at radius 2 is 2.10 bits per heavy atom. The van der Waals surface area contributed by atoms with Gasteiger partial charge in [-0.25, -0.2) is 0 Å². The van der Waals surface area contributed by atoms with Crippen LogP contribution in [0.1, 0.15) is 50.8 Å². The Morgan fingerprint density at radius 1 is 1.29 bits per heavy atom. The highest BCUT2D eigenvalue weighted by molar-refractivity contribution is 7.09. The Hall–Kier alpha value is -0.380. The zero-order valence-corrected chi connectivity index (χ0v) is 14.2. The molecule has 0 aliphatic heterocycles. The van der Waals surface area contributed by atoms with Gasteiger partial charge in [-0.15, -0.1) is 11.3 Å². The third kappa shape index (κ3) is 4.08. The molecule has 3 unspecified atom stereocenters. The molecular weight excluding hydrogens is 278 g/mol. The summed E-state index contributed by atoms with van der Waals surface area (Å²) in [5.74, 6) is 2.04. The Labute approximate surface area is 133 Å². The largest absolute Gasteiger partial charge is 0.393 e. The molecule has 1 aromatic heterocycles. The fourth-order valence-electron chi connectivity index (χ4n) is 3.77. The summed E-state index contributed by atoms with van der Waals surface area (Å²) >= 11 is 1.86. The normalized spacial score (nSPS) is 30.2. The van der Waals surface area contributed by atoms with E-state index in [9.17, 15) is 5.11 Å². The SMILES string of the molecule is CC(C)C1CCC(O)C(CN(Cc2cccs2)C2CC2)C1. The van der Waals surface area contributed by atoms with Crippen molar-refractivity contribution in [2.24, 2.45) is 17.8 Å². The van der Waals surface area contributed by atoms with E-state index in [4.69, 9.17) is 0 Å². The molecule has 2 aliphatic rings. The third-order valence-electron chi connectivity index (χ3n) is 5.40. The Morgan fingerprint density at radius 3 is 2.71 bits per heavy atom. The first kappa shape index (κ1) is 15.5. The van der Waals surface area contributed by atoms with Crippen LogP contribution in [0.5, 0.6) is 0 Å². The van der Waals surface area contributed by atoms with Gasteiger partial charge in [0.1, 0.15) is 0 Å². The second-order valence-electron chi connectivity index (χ2n) is 7.38. The van der Waals surface area contributed by atoms with Crippen LogP contribution >= 0.6 is 11.3 Å². The van der Waals surface area contributed by atoms with Crippen molar-refractivity contribution in [2.45, 2.75) is 64.6 Å². The highest BCUT2D eigenvalue weighted by Crippen LogP contribution is 2.37. The van der Waals surface area contributed by atoms with E-state index in [-0.39, 0.29) is 6.10 Å². The van der Waals surface area contributed by atoms with Gasteiger partial charge in [0, 0.05) is 24.0 Å². The lowest BCUT2D eigenvalue weighted by atomic mass is 9.74. The zero-order valence-electron chi connectivity index (χ0n) is 13.4. The standard InChI is InChI=1S/C18H29NOS/c1-13(2)14-5-8-18(20)15(10-14)11-19(16-6-7-16)12-17-4-3-9-21-17/h3-4,9,13-16,18,20H,5-8,10-12H2,1-2H3. The van der Waals surface area contributed by atoms with Crippen LogP contribution in [-0.4, -0.2) is 28.7 Å². The van der Waals surface area contributed by atoms with Crippen LogP contribution in [0.15, 0.2) is 17.5 Å². The number of thiophene rings is 1. The van der Waals surface area contributed by atoms with Crippen LogP contribution in [0, 0.1) is 17.8 Å². The number of aliphatic hydroxyl groups excluding tert-OH is 1. The second kappa shape index (κ2) is 6.80. The molecule has 2 saturated carbocycles. The van der Waals surface area contributed by atoms with Crippen molar-refractivity contribution in [3.63, 3.8) is 0 Å². The highest BCUT2D eigenvalue weighted by Gasteiger charge is 2.36. The van der Waals surface area contributed by atoms with Crippen molar-refractivity contribution in [3.05, 3.63) is 22.4 Å². The van der Waals surface area contributed by atoms with Gasteiger partial charge in [0.15, 0.2) is 0 Å². The van der Waals surface area contributed by atoms with Crippen molar-refractivity contribution >= 4 is 11.3 Å². The van der Waals surface area contributed by atoms with Crippen molar-refractivity contribution in [2.75, 3.05) is 6.54 Å². The predicted octanol–water partition coefficient (Wildman–Crippen LogP) is 4.15. The number of aliphatic hydroxyl groups is 1. The van der Waals surface area contributed by atoms with E-state index in [1.807, 2.05) is 11.3 Å². The molecule has 3 rings (SSSR count). The van der Waals surface area contributed by atoms with Gasteiger partial charge in [0.05, 0.1) is 6.10 Å². The van der Waals surface area contributed by atoms with E-state index in [1.165, 1.54) is 30.6 Å². The van der Waals surface area contributed by atoms with E-state index in [0.717, 1.165) is 37.4 Å². The lowest BCUT2D eigenvalue weighted by Crippen LogP contribution is -2.40. The van der Waals surface area contributed by atoms with Crippen LogP contribution in [-0.2, 0) is 6.54 Å². The number of nitrogens with zero attached hydrogens (tertiary/aromatic N) is 1. The van der Waals surface area contributed by atoms with Gasteiger partial charge in [0.25, 0.3) is 0 Å². The van der Waals surface area contributed by atoms with Crippen molar-refractivity contribution in [3.8, 4) is 0 Å². The molecule has 21 heavy (non-hydrogen) atoms. The maximum atomic E-state index is 10.4. The summed E-state index contributed by atoms with van der Waals surface area (Å²) in [5, 5.41) is 12.6. The molecular formula is C18H29NOS. The average molecular weight is 308 g/mol. The van der Waals surface area contributed by atoms with Crippen molar-refractivity contribution in [1.82, 2.24) is 4.90 Å². The predicted molar refractivity (Wildman–Crippen MR) is 89.4 cm³/mol. The van der Waals surface area contributed by atoms with Crippen LogP contribution < -0.4 is 0 Å². The number of hydrogen-bond donors (Lipinski definition) is 1. The summed E-state index contributed by atoms with van der Waals surface area (Å²) in [5.41, 5.74) is 0. The van der Waals surface area contributed by atoms with Crippen LogP contribution in [0.3, 0.4) is 0 Å². The van der Waals surface area contributed by atoms with Crippen molar-refractivity contribution < 1.29 is 5.11 Å². The molecule has 3 heteroatoms. The van der Waals surface area contributed by atoms with Crippen LogP contribution in [0.2, 0.25) is 0 Å². The fraction of sp³-hybridized carbons (Fsp3) is 0.778. The topological polar surface area (TPSA) is 23.5 Å². The van der Waals surface area contributed by atoms with Gasteiger partial charge in [-0.05, 0) is 61.3 Å². The first-order valence-electron chi connectivity index (χ1n) is 8.58. The molecule has 118 valence electrons. The molecule has 1 heterocycles.